The molecule has 2 heterocycles. The quantitative estimate of drug-likeness (QED) is 0.726. The number of carbonyl (C=O) groups excluding carboxylic acids is 1. The smallest absolute Gasteiger partial charge is 0.166 e. The highest BCUT2D eigenvalue weighted by Crippen LogP contribution is 2.32. The summed E-state index contributed by atoms with van der Waals surface area (Å²) >= 11 is 0. The summed E-state index contributed by atoms with van der Waals surface area (Å²) in [5.41, 5.74) is 3.49. The number of carbonyl (C=O) groups is 1. The number of nitrogens with zero attached hydrogens (tertiary/aromatic N) is 3. The second-order valence-electron chi connectivity index (χ2n) is 5.41. The average Bonchev–Trinajstić information content (AvgIpc) is 2.98. The summed E-state index contributed by atoms with van der Waals surface area (Å²) in [4.78, 5) is 16.8. The Morgan fingerprint density at radius 3 is 2.55 bits per heavy atom. The Morgan fingerprint density at radius 1 is 0.955 bits per heavy atom. The van der Waals surface area contributed by atoms with E-state index in [0.29, 0.717) is 6.42 Å². The lowest BCUT2D eigenvalue weighted by atomic mass is 9.92. The normalized spacial score (nSPS) is 13.9. The van der Waals surface area contributed by atoms with Crippen LogP contribution in [0.1, 0.15) is 28.9 Å². The van der Waals surface area contributed by atoms with E-state index in [1.165, 1.54) is 0 Å². The van der Waals surface area contributed by atoms with E-state index in [2.05, 4.69) is 4.98 Å². The fourth-order valence-electron chi connectivity index (χ4n) is 2.98. The van der Waals surface area contributed by atoms with E-state index in [9.17, 15) is 4.79 Å². The minimum Gasteiger partial charge on any atom is -0.294 e. The molecule has 0 bridgehead atoms. The molecule has 4 nitrogen and oxygen atoms in total. The topological polar surface area (TPSA) is 47.8 Å². The van der Waals surface area contributed by atoms with Crippen LogP contribution >= 0.6 is 0 Å². The van der Waals surface area contributed by atoms with Crippen LogP contribution in [0.15, 0.2) is 54.7 Å². The number of aromatic nitrogens is 3. The van der Waals surface area contributed by atoms with E-state index in [0.717, 1.165) is 41.2 Å². The van der Waals surface area contributed by atoms with Crippen LogP contribution < -0.4 is 0 Å². The van der Waals surface area contributed by atoms with Crippen molar-refractivity contribution in [1.29, 1.82) is 0 Å². The summed E-state index contributed by atoms with van der Waals surface area (Å²) in [7, 11) is 0. The summed E-state index contributed by atoms with van der Waals surface area (Å²) < 4.78 is 1.83. The Kier molecular flexibility index (Phi) is 3.07. The number of ketones is 1. The maximum Gasteiger partial charge on any atom is 0.166 e. The van der Waals surface area contributed by atoms with E-state index in [-0.39, 0.29) is 5.78 Å². The molecule has 22 heavy (non-hydrogen) atoms. The van der Waals surface area contributed by atoms with Crippen LogP contribution in [0, 0.1) is 0 Å². The first-order chi connectivity index (χ1) is 10.8. The lowest BCUT2D eigenvalue weighted by Gasteiger charge is -2.13. The maximum atomic E-state index is 12.5. The van der Waals surface area contributed by atoms with Crippen molar-refractivity contribution in [2.24, 2.45) is 0 Å². The molecule has 4 rings (SSSR count). The predicted octanol–water partition coefficient (Wildman–Crippen LogP) is 3.45. The third kappa shape index (κ3) is 2.04. The van der Waals surface area contributed by atoms with Crippen LogP contribution in [0.3, 0.4) is 0 Å². The highest BCUT2D eigenvalue weighted by molar-refractivity contribution is 6.03. The van der Waals surface area contributed by atoms with Gasteiger partial charge in [-0.2, -0.15) is 5.10 Å². The Hall–Kier alpha value is -2.75. The second kappa shape index (κ2) is 5.22. The van der Waals surface area contributed by atoms with Gasteiger partial charge in [0.25, 0.3) is 0 Å². The van der Waals surface area contributed by atoms with E-state index in [4.69, 9.17) is 5.10 Å². The van der Waals surface area contributed by atoms with Crippen LogP contribution in [0.2, 0.25) is 0 Å². The monoisotopic (exact) mass is 289 g/mol. The summed E-state index contributed by atoms with van der Waals surface area (Å²) in [6.45, 7) is 0. The summed E-state index contributed by atoms with van der Waals surface area (Å²) in [6, 6.07) is 15.6. The number of rotatable bonds is 2. The number of hydrogen-bond acceptors (Lipinski definition) is 3. The first-order valence-electron chi connectivity index (χ1n) is 7.46. The molecule has 0 fully saturated rings. The van der Waals surface area contributed by atoms with Gasteiger partial charge in [-0.3, -0.25) is 4.79 Å². The standard InChI is InChI=1S/C18H15N3O/c22-15-10-6-9-14-17(15)18(13-7-2-1-3-8-13)20-21(14)16-11-4-5-12-19-16/h1-5,7-8,11-12H,6,9-10H2. The van der Waals surface area contributed by atoms with Gasteiger partial charge in [0.15, 0.2) is 11.6 Å². The number of hydrogen-bond donors (Lipinski definition) is 0. The van der Waals surface area contributed by atoms with Crippen LogP contribution in [0.25, 0.3) is 17.1 Å². The summed E-state index contributed by atoms with van der Waals surface area (Å²) in [5, 5.41) is 4.72. The molecule has 4 heteroatoms. The molecule has 2 aromatic heterocycles. The molecular formula is C18H15N3O. The van der Waals surface area contributed by atoms with Gasteiger partial charge in [0.05, 0.1) is 11.3 Å². The second-order valence-corrected chi connectivity index (χ2v) is 5.41. The lowest BCUT2D eigenvalue weighted by molar-refractivity contribution is 0.0973. The number of fused-ring (bicyclic) bond motifs is 1. The Labute approximate surface area is 128 Å². The van der Waals surface area contributed by atoms with E-state index >= 15 is 0 Å². The molecule has 0 saturated heterocycles. The molecule has 1 aliphatic rings. The third-order valence-electron chi connectivity index (χ3n) is 3.99. The minimum absolute atomic E-state index is 0.183. The largest absolute Gasteiger partial charge is 0.294 e. The molecule has 0 radical (unpaired) electrons. The van der Waals surface area contributed by atoms with Crippen LogP contribution in [0.4, 0.5) is 0 Å². The van der Waals surface area contributed by atoms with E-state index in [1.54, 1.807) is 6.20 Å². The van der Waals surface area contributed by atoms with Crippen molar-refractivity contribution in [3.63, 3.8) is 0 Å². The average molecular weight is 289 g/mol. The van der Waals surface area contributed by atoms with Crippen molar-refractivity contribution >= 4 is 5.78 Å². The molecular weight excluding hydrogens is 274 g/mol. The molecule has 0 aliphatic heterocycles. The van der Waals surface area contributed by atoms with Crippen molar-refractivity contribution in [1.82, 2.24) is 14.8 Å². The van der Waals surface area contributed by atoms with E-state index in [1.807, 2.05) is 53.2 Å². The zero-order chi connectivity index (χ0) is 14.9. The van der Waals surface area contributed by atoms with Crippen molar-refractivity contribution in [3.8, 4) is 17.1 Å². The van der Waals surface area contributed by atoms with E-state index < -0.39 is 0 Å². The van der Waals surface area contributed by atoms with Gasteiger partial charge in [-0.1, -0.05) is 36.4 Å². The van der Waals surface area contributed by atoms with Crippen molar-refractivity contribution in [2.75, 3.05) is 0 Å². The SMILES string of the molecule is O=C1CCCc2c1c(-c1ccccc1)nn2-c1ccccn1. The van der Waals surface area contributed by atoms with Crippen LogP contribution in [-0.2, 0) is 6.42 Å². The summed E-state index contributed by atoms with van der Waals surface area (Å²) in [5.74, 6) is 0.943. The fourth-order valence-corrected chi connectivity index (χ4v) is 2.98. The molecule has 0 spiro atoms. The van der Waals surface area contributed by atoms with Crippen molar-refractivity contribution in [2.45, 2.75) is 19.3 Å². The highest BCUT2D eigenvalue weighted by Gasteiger charge is 2.28. The Morgan fingerprint density at radius 2 is 1.77 bits per heavy atom. The number of pyridine rings is 1. The third-order valence-corrected chi connectivity index (χ3v) is 3.99. The fraction of sp³-hybridized carbons (Fsp3) is 0.167. The van der Waals surface area contributed by atoms with Crippen LogP contribution in [-0.4, -0.2) is 20.5 Å². The Balaban J connectivity index is 1.97. The first-order valence-corrected chi connectivity index (χ1v) is 7.46. The molecule has 3 aromatic rings. The van der Waals surface area contributed by atoms with Gasteiger partial charge in [0, 0.05) is 18.2 Å². The van der Waals surface area contributed by atoms with Gasteiger partial charge in [-0.05, 0) is 25.0 Å². The van der Waals surface area contributed by atoms with Gasteiger partial charge in [-0.25, -0.2) is 9.67 Å². The Bertz CT molecular complexity index is 822. The molecule has 0 unspecified atom stereocenters. The lowest BCUT2D eigenvalue weighted by Crippen LogP contribution is -2.13. The van der Waals surface area contributed by atoms with Gasteiger partial charge in [0.2, 0.25) is 0 Å². The zero-order valence-electron chi connectivity index (χ0n) is 12.1. The van der Waals surface area contributed by atoms with Gasteiger partial charge < -0.3 is 0 Å². The minimum atomic E-state index is 0.183. The van der Waals surface area contributed by atoms with Crippen molar-refractivity contribution in [3.05, 3.63) is 66.0 Å². The van der Waals surface area contributed by atoms with Gasteiger partial charge in [-0.15, -0.1) is 0 Å². The molecule has 0 amide bonds. The maximum absolute atomic E-state index is 12.5. The zero-order valence-corrected chi connectivity index (χ0v) is 12.1. The molecule has 108 valence electrons. The molecule has 0 atom stereocenters. The molecule has 0 N–H and O–H groups in total. The highest BCUT2D eigenvalue weighted by atomic mass is 16.1. The van der Waals surface area contributed by atoms with Crippen molar-refractivity contribution < 1.29 is 4.79 Å². The van der Waals surface area contributed by atoms with Crippen LogP contribution in [0.5, 0.6) is 0 Å². The first kappa shape index (κ1) is 13.0. The van der Waals surface area contributed by atoms with Gasteiger partial charge in [0.1, 0.15) is 5.69 Å². The number of benzene rings is 1. The molecule has 1 aliphatic carbocycles. The molecule has 0 saturated carbocycles. The summed E-state index contributed by atoms with van der Waals surface area (Å²) in [6.07, 6.45) is 4.08. The number of Topliss-reactive ketones (excluding diaryl/α,β-unsaturated/α-hetero) is 1. The predicted molar refractivity (Wildman–Crippen MR) is 84.1 cm³/mol. The molecule has 1 aromatic carbocycles. The van der Waals surface area contributed by atoms with Gasteiger partial charge >= 0.3 is 0 Å².